The van der Waals surface area contributed by atoms with Gasteiger partial charge in [-0.3, -0.25) is 0 Å². The maximum Gasteiger partial charge on any atom is 0.133 e. The van der Waals surface area contributed by atoms with E-state index in [0.29, 0.717) is 10.9 Å². The average Bonchev–Trinajstić information content (AvgIpc) is 2.41. The highest BCUT2D eigenvalue weighted by Crippen LogP contribution is 2.19. The van der Waals surface area contributed by atoms with Crippen LogP contribution in [0.25, 0.3) is 0 Å². The molecule has 2 aromatic carbocycles. The van der Waals surface area contributed by atoms with Gasteiger partial charge in [-0.05, 0) is 17.8 Å². The van der Waals surface area contributed by atoms with Crippen molar-refractivity contribution in [1.29, 1.82) is 0 Å². The number of benzene rings is 2. The van der Waals surface area contributed by atoms with Gasteiger partial charge in [0, 0.05) is 11.1 Å². The Morgan fingerprint density at radius 1 is 0.762 bits per heavy atom. The molecule has 112 valence electrons. The lowest BCUT2D eigenvalue weighted by molar-refractivity contribution is 1.31. The Morgan fingerprint density at radius 3 is 1.81 bits per heavy atom. The number of hydrogen-bond acceptors (Lipinski definition) is 0. The number of aryl methyl sites for hydroxylation is 1. The molecule has 0 saturated carbocycles. The SMILES string of the molecule is Cc1ccc(C[S+](Cc2ccccc2)C[Si](C)(C)C)cc1. The molecule has 21 heavy (non-hydrogen) atoms. The second-order valence-electron chi connectivity index (χ2n) is 7.08. The molecule has 0 saturated heterocycles. The molecule has 2 rings (SSSR count). The van der Waals surface area contributed by atoms with Crippen LogP contribution in [0.3, 0.4) is 0 Å². The third kappa shape index (κ3) is 6.11. The van der Waals surface area contributed by atoms with E-state index in [9.17, 15) is 0 Å². The summed E-state index contributed by atoms with van der Waals surface area (Å²) < 4.78 is 0. The molecule has 0 aliphatic heterocycles. The van der Waals surface area contributed by atoms with E-state index in [0.717, 1.165) is 0 Å². The molecular weight excluding hydrogens is 288 g/mol. The Balaban J connectivity index is 2.10. The quantitative estimate of drug-likeness (QED) is 0.508. The molecule has 2 heteroatoms. The van der Waals surface area contributed by atoms with Crippen molar-refractivity contribution in [2.45, 2.75) is 38.1 Å². The van der Waals surface area contributed by atoms with Crippen LogP contribution in [0.1, 0.15) is 16.7 Å². The average molecular weight is 316 g/mol. The topological polar surface area (TPSA) is 0 Å². The summed E-state index contributed by atoms with van der Waals surface area (Å²) in [6.07, 6.45) is 0. The predicted molar refractivity (Wildman–Crippen MR) is 101 cm³/mol. The van der Waals surface area contributed by atoms with Crippen LogP contribution in [0.4, 0.5) is 0 Å². The Hall–Kier alpha value is -0.993. The predicted octanol–water partition coefficient (Wildman–Crippen LogP) is 5.19. The summed E-state index contributed by atoms with van der Waals surface area (Å²) in [6, 6.07) is 20.1. The standard InChI is InChI=1S/C19H27SSi/c1-17-10-12-19(13-11-17)15-20(16-21(2,3)4)14-18-8-6-5-7-9-18/h5-13H,14-16H2,1-4H3/q+1. The molecule has 0 amide bonds. The fraction of sp³-hybridized carbons (Fsp3) is 0.368. The molecule has 0 bridgehead atoms. The molecule has 2 aromatic rings. The van der Waals surface area contributed by atoms with E-state index < -0.39 is 8.07 Å². The summed E-state index contributed by atoms with van der Waals surface area (Å²) in [7, 11) is -0.567. The Bertz CT molecular complexity index is 540. The van der Waals surface area contributed by atoms with Crippen molar-refractivity contribution in [2.24, 2.45) is 0 Å². The summed E-state index contributed by atoms with van der Waals surface area (Å²) in [5.41, 5.74) is 4.34. The van der Waals surface area contributed by atoms with E-state index in [1.165, 1.54) is 33.6 Å². The van der Waals surface area contributed by atoms with Crippen LogP contribution in [0, 0.1) is 6.92 Å². The Kier molecular flexibility index (Phi) is 5.71. The van der Waals surface area contributed by atoms with Gasteiger partial charge in [-0.1, -0.05) is 79.8 Å². The second-order valence-corrected chi connectivity index (χ2v) is 15.2. The van der Waals surface area contributed by atoms with Crippen molar-refractivity contribution < 1.29 is 0 Å². The van der Waals surface area contributed by atoms with Gasteiger partial charge in [0.25, 0.3) is 0 Å². The summed E-state index contributed by atoms with van der Waals surface area (Å²) in [5, 5.41) is 1.43. The van der Waals surface area contributed by atoms with Gasteiger partial charge in [-0.15, -0.1) is 0 Å². The zero-order chi connectivity index (χ0) is 15.3. The highest BCUT2D eigenvalue weighted by molar-refractivity contribution is 7.97. The van der Waals surface area contributed by atoms with E-state index in [4.69, 9.17) is 0 Å². The van der Waals surface area contributed by atoms with Crippen LogP contribution in [0.15, 0.2) is 54.6 Å². The molecule has 0 nitrogen and oxygen atoms in total. The van der Waals surface area contributed by atoms with E-state index in [-0.39, 0.29) is 0 Å². The van der Waals surface area contributed by atoms with Gasteiger partial charge >= 0.3 is 0 Å². The molecule has 0 spiro atoms. The third-order valence-electron chi connectivity index (χ3n) is 3.34. The summed E-state index contributed by atoms with van der Waals surface area (Å²) in [5.74, 6) is 2.47. The van der Waals surface area contributed by atoms with Crippen LogP contribution < -0.4 is 0 Å². The zero-order valence-corrected chi connectivity index (χ0v) is 15.5. The second kappa shape index (κ2) is 7.32. The first-order chi connectivity index (χ1) is 9.92. The molecule has 0 N–H and O–H groups in total. The molecule has 1 atom stereocenters. The van der Waals surface area contributed by atoms with E-state index in [2.05, 4.69) is 81.2 Å². The van der Waals surface area contributed by atoms with Crippen LogP contribution in [0.2, 0.25) is 19.6 Å². The van der Waals surface area contributed by atoms with Crippen molar-refractivity contribution in [2.75, 3.05) is 5.38 Å². The van der Waals surface area contributed by atoms with Crippen LogP contribution >= 0.6 is 0 Å². The molecule has 0 aliphatic rings. The Labute approximate surface area is 134 Å². The number of hydrogen-bond donors (Lipinski definition) is 0. The fourth-order valence-corrected chi connectivity index (χ4v) is 9.64. The highest BCUT2D eigenvalue weighted by Gasteiger charge is 2.28. The molecule has 0 heterocycles. The van der Waals surface area contributed by atoms with E-state index in [1.807, 2.05) is 0 Å². The Morgan fingerprint density at radius 2 is 1.29 bits per heavy atom. The first kappa shape index (κ1) is 16.4. The minimum absolute atomic E-state index is 0.459. The van der Waals surface area contributed by atoms with Crippen LogP contribution in [-0.2, 0) is 22.4 Å². The summed E-state index contributed by atoms with van der Waals surface area (Å²) >= 11 is 0. The molecular formula is C19H27SSi+. The fourth-order valence-electron chi connectivity index (χ4n) is 2.50. The minimum atomic E-state index is -1.03. The largest absolute Gasteiger partial charge is 0.133 e. The van der Waals surface area contributed by atoms with Crippen molar-refractivity contribution in [3.63, 3.8) is 0 Å². The molecule has 0 aliphatic carbocycles. The highest BCUT2D eigenvalue weighted by atomic mass is 32.2. The molecule has 1 unspecified atom stereocenters. The zero-order valence-electron chi connectivity index (χ0n) is 13.7. The lowest BCUT2D eigenvalue weighted by Crippen LogP contribution is -2.33. The maximum atomic E-state index is 2.49. The maximum absolute atomic E-state index is 2.49. The van der Waals surface area contributed by atoms with E-state index >= 15 is 0 Å². The minimum Gasteiger partial charge on any atom is -0.0653 e. The van der Waals surface area contributed by atoms with Gasteiger partial charge in [0.05, 0.1) is 5.38 Å². The first-order valence-electron chi connectivity index (χ1n) is 7.66. The lowest BCUT2D eigenvalue weighted by Gasteiger charge is -2.18. The van der Waals surface area contributed by atoms with Crippen molar-refractivity contribution in [1.82, 2.24) is 0 Å². The van der Waals surface area contributed by atoms with Gasteiger partial charge in [-0.2, -0.15) is 0 Å². The monoisotopic (exact) mass is 315 g/mol. The van der Waals surface area contributed by atoms with Crippen molar-refractivity contribution in [3.05, 3.63) is 71.3 Å². The van der Waals surface area contributed by atoms with Gasteiger partial charge < -0.3 is 0 Å². The van der Waals surface area contributed by atoms with Crippen molar-refractivity contribution >= 4 is 19.0 Å². The molecule has 0 aromatic heterocycles. The normalized spacial score (nSPS) is 13.1. The summed E-state index contributed by atoms with van der Waals surface area (Å²) in [6.45, 7) is 9.64. The number of rotatable bonds is 6. The van der Waals surface area contributed by atoms with Gasteiger partial charge in [0.2, 0.25) is 0 Å². The van der Waals surface area contributed by atoms with Crippen LogP contribution in [0.5, 0.6) is 0 Å². The van der Waals surface area contributed by atoms with Gasteiger partial charge in [0.15, 0.2) is 0 Å². The summed E-state index contributed by atoms with van der Waals surface area (Å²) in [4.78, 5) is 0. The lowest BCUT2D eigenvalue weighted by atomic mass is 10.2. The van der Waals surface area contributed by atoms with Gasteiger partial charge in [-0.25, -0.2) is 0 Å². The van der Waals surface area contributed by atoms with Crippen molar-refractivity contribution in [3.8, 4) is 0 Å². The molecule has 0 radical (unpaired) electrons. The molecule has 0 fully saturated rings. The van der Waals surface area contributed by atoms with Gasteiger partial charge in [0.1, 0.15) is 19.6 Å². The first-order valence-corrected chi connectivity index (χ1v) is 13.1. The third-order valence-corrected chi connectivity index (χ3v) is 9.92. The smallest absolute Gasteiger partial charge is 0.0653 e. The van der Waals surface area contributed by atoms with Crippen LogP contribution in [-0.4, -0.2) is 13.5 Å². The van der Waals surface area contributed by atoms with E-state index in [1.54, 1.807) is 0 Å².